The van der Waals surface area contributed by atoms with Crippen LogP contribution in [0.5, 0.6) is 5.75 Å². The minimum absolute atomic E-state index is 0.0960. The fourth-order valence-electron chi connectivity index (χ4n) is 3.80. The lowest BCUT2D eigenvalue weighted by molar-refractivity contribution is -0.126. The Morgan fingerprint density at radius 2 is 1.94 bits per heavy atom. The number of carbonyl (C=O) groups is 3. The number of hydrogen-bond donors (Lipinski definition) is 3. The van der Waals surface area contributed by atoms with E-state index in [2.05, 4.69) is 15.6 Å². The number of amides is 3. The first-order valence-electron chi connectivity index (χ1n) is 10.1. The third-order valence-electron chi connectivity index (χ3n) is 5.41. The van der Waals surface area contributed by atoms with Crippen molar-refractivity contribution >= 4 is 34.3 Å². The van der Waals surface area contributed by atoms with Crippen molar-refractivity contribution in [1.82, 2.24) is 15.6 Å². The second-order valence-electron chi connectivity index (χ2n) is 7.40. The number of methoxy groups -OCH3 is 1. The topological polar surface area (TPSA) is 104 Å². The van der Waals surface area contributed by atoms with Crippen LogP contribution in [0.15, 0.2) is 54.7 Å². The van der Waals surface area contributed by atoms with Crippen LogP contribution in [0.2, 0.25) is 0 Å². The average molecular weight is 420 g/mol. The minimum Gasteiger partial charge on any atom is -0.497 e. The van der Waals surface area contributed by atoms with Gasteiger partial charge in [-0.25, -0.2) is 0 Å². The standard InChI is InChI=1S/C23H24N4O4/c1-31-17-5-2-4-16(13-17)27-14-15(12-21(27)28)22(29)25-10-11-26-23(30)19-6-3-7-20-18(19)8-9-24-20/h2-9,13,15,24H,10-12,14H2,1H3,(H,25,29)(H,26,30)/t15-/m0/s1. The van der Waals surface area contributed by atoms with Crippen LogP contribution in [0.25, 0.3) is 10.9 Å². The Kier molecular flexibility index (Phi) is 5.88. The van der Waals surface area contributed by atoms with E-state index in [1.165, 1.54) is 0 Å². The molecule has 1 saturated heterocycles. The summed E-state index contributed by atoms with van der Waals surface area (Å²) in [5.41, 5.74) is 2.19. The molecule has 0 aliphatic carbocycles. The Balaban J connectivity index is 1.27. The predicted molar refractivity (Wildman–Crippen MR) is 117 cm³/mol. The number of H-pyrrole nitrogens is 1. The fraction of sp³-hybridized carbons (Fsp3) is 0.261. The summed E-state index contributed by atoms with van der Waals surface area (Å²) >= 11 is 0. The molecular formula is C23H24N4O4. The lowest BCUT2D eigenvalue weighted by Gasteiger charge is -2.17. The maximum Gasteiger partial charge on any atom is 0.252 e. The van der Waals surface area contributed by atoms with E-state index in [1.54, 1.807) is 36.4 Å². The van der Waals surface area contributed by atoms with Gasteiger partial charge in [-0.05, 0) is 30.3 Å². The first kappa shape index (κ1) is 20.5. The molecule has 1 fully saturated rings. The molecule has 1 aromatic heterocycles. The molecule has 0 spiro atoms. The molecule has 3 N–H and O–H groups in total. The maximum absolute atomic E-state index is 12.5. The van der Waals surface area contributed by atoms with Gasteiger partial charge in [0.05, 0.1) is 13.0 Å². The molecule has 8 nitrogen and oxygen atoms in total. The van der Waals surface area contributed by atoms with Gasteiger partial charge in [-0.1, -0.05) is 12.1 Å². The van der Waals surface area contributed by atoms with Gasteiger partial charge in [0.25, 0.3) is 5.91 Å². The lowest BCUT2D eigenvalue weighted by atomic mass is 10.1. The van der Waals surface area contributed by atoms with Crippen LogP contribution < -0.4 is 20.3 Å². The van der Waals surface area contributed by atoms with Crippen molar-refractivity contribution in [2.75, 3.05) is 31.6 Å². The number of aromatic nitrogens is 1. The van der Waals surface area contributed by atoms with Crippen LogP contribution in [-0.4, -0.2) is 49.4 Å². The zero-order chi connectivity index (χ0) is 21.8. The average Bonchev–Trinajstić information content (AvgIpc) is 3.43. The fourth-order valence-corrected chi connectivity index (χ4v) is 3.80. The maximum atomic E-state index is 12.5. The molecule has 160 valence electrons. The summed E-state index contributed by atoms with van der Waals surface area (Å²) < 4.78 is 5.21. The molecule has 8 heteroatoms. The van der Waals surface area contributed by atoms with Crippen molar-refractivity contribution in [3.8, 4) is 5.75 Å². The molecule has 2 aromatic carbocycles. The van der Waals surface area contributed by atoms with Crippen molar-refractivity contribution in [3.63, 3.8) is 0 Å². The van der Waals surface area contributed by atoms with Crippen LogP contribution >= 0.6 is 0 Å². The molecule has 2 heterocycles. The molecule has 4 rings (SSSR count). The van der Waals surface area contributed by atoms with E-state index < -0.39 is 5.92 Å². The Labute approximate surface area is 179 Å². The van der Waals surface area contributed by atoms with Gasteiger partial charge in [-0.2, -0.15) is 0 Å². The number of aromatic amines is 1. The van der Waals surface area contributed by atoms with Crippen molar-refractivity contribution in [2.24, 2.45) is 5.92 Å². The number of ether oxygens (including phenoxy) is 1. The van der Waals surface area contributed by atoms with Crippen molar-refractivity contribution < 1.29 is 19.1 Å². The van der Waals surface area contributed by atoms with Crippen LogP contribution in [0.1, 0.15) is 16.8 Å². The molecule has 1 aliphatic rings. The normalized spacial score (nSPS) is 15.8. The summed E-state index contributed by atoms with van der Waals surface area (Å²) in [7, 11) is 1.57. The van der Waals surface area contributed by atoms with Crippen molar-refractivity contribution in [2.45, 2.75) is 6.42 Å². The van der Waals surface area contributed by atoms with Gasteiger partial charge in [0.1, 0.15) is 5.75 Å². The SMILES string of the molecule is COc1cccc(N2C[C@@H](C(=O)NCCNC(=O)c3cccc4[nH]ccc34)CC2=O)c1. The molecule has 0 bridgehead atoms. The summed E-state index contributed by atoms with van der Waals surface area (Å²) in [6.45, 7) is 0.906. The summed E-state index contributed by atoms with van der Waals surface area (Å²) in [4.78, 5) is 42.0. The zero-order valence-electron chi connectivity index (χ0n) is 17.2. The van der Waals surface area contributed by atoms with Gasteiger partial charge < -0.3 is 25.3 Å². The van der Waals surface area contributed by atoms with Gasteiger partial charge in [0, 0.05) is 60.5 Å². The van der Waals surface area contributed by atoms with Crippen molar-refractivity contribution in [3.05, 3.63) is 60.3 Å². The van der Waals surface area contributed by atoms with E-state index in [4.69, 9.17) is 4.74 Å². The van der Waals surface area contributed by atoms with Crippen LogP contribution in [0.4, 0.5) is 5.69 Å². The third-order valence-corrected chi connectivity index (χ3v) is 5.41. The van der Waals surface area contributed by atoms with Gasteiger partial charge in [0.15, 0.2) is 0 Å². The molecule has 0 radical (unpaired) electrons. The highest BCUT2D eigenvalue weighted by molar-refractivity contribution is 6.06. The predicted octanol–water partition coefficient (Wildman–Crippen LogP) is 2.08. The molecule has 0 saturated carbocycles. The number of anilines is 1. The number of carbonyl (C=O) groups excluding carboxylic acids is 3. The molecule has 3 amide bonds. The second kappa shape index (κ2) is 8.91. The Morgan fingerprint density at radius 3 is 2.77 bits per heavy atom. The van der Waals surface area contributed by atoms with E-state index in [-0.39, 0.29) is 30.7 Å². The monoisotopic (exact) mass is 420 g/mol. The van der Waals surface area contributed by atoms with E-state index >= 15 is 0 Å². The second-order valence-corrected chi connectivity index (χ2v) is 7.40. The first-order valence-corrected chi connectivity index (χ1v) is 10.1. The van der Waals surface area contributed by atoms with Crippen LogP contribution in [-0.2, 0) is 9.59 Å². The van der Waals surface area contributed by atoms with E-state index in [0.717, 1.165) is 10.9 Å². The highest BCUT2D eigenvalue weighted by atomic mass is 16.5. The Hall–Kier alpha value is -3.81. The van der Waals surface area contributed by atoms with Crippen molar-refractivity contribution in [1.29, 1.82) is 0 Å². The minimum atomic E-state index is -0.428. The molecule has 1 aliphatic heterocycles. The molecule has 0 unspecified atom stereocenters. The molecule has 3 aromatic rings. The van der Waals surface area contributed by atoms with Crippen LogP contribution in [0.3, 0.4) is 0 Å². The number of nitrogens with zero attached hydrogens (tertiary/aromatic N) is 1. The van der Waals surface area contributed by atoms with Gasteiger partial charge in [-0.15, -0.1) is 0 Å². The first-order chi connectivity index (χ1) is 15.1. The van der Waals surface area contributed by atoms with Gasteiger partial charge >= 0.3 is 0 Å². The Bertz CT molecular complexity index is 1120. The lowest BCUT2D eigenvalue weighted by Crippen LogP contribution is -2.38. The number of benzene rings is 2. The third kappa shape index (κ3) is 4.37. The molecule has 31 heavy (non-hydrogen) atoms. The number of nitrogens with one attached hydrogen (secondary N) is 3. The summed E-state index contributed by atoms with van der Waals surface area (Å²) in [5, 5.41) is 6.49. The quantitative estimate of drug-likeness (QED) is 0.509. The number of hydrogen-bond acceptors (Lipinski definition) is 4. The zero-order valence-corrected chi connectivity index (χ0v) is 17.2. The van der Waals surface area contributed by atoms with E-state index in [9.17, 15) is 14.4 Å². The van der Waals surface area contributed by atoms with Crippen LogP contribution in [0, 0.1) is 5.92 Å². The summed E-state index contributed by atoms with van der Waals surface area (Å²) in [5.74, 6) is -0.256. The van der Waals surface area contributed by atoms with E-state index in [0.29, 0.717) is 30.1 Å². The molecular weight excluding hydrogens is 396 g/mol. The van der Waals surface area contributed by atoms with Gasteiger partial charge in [-0.3, -0.25) is 14.4 Å². The van der Waals surface area contributed by atoms with E-state index in [1.807, 2.05) is 30.3 Å². The molecule has 1 atom stereocenters. The summed E-state index contributed by atoms with van der Waals surface area (Å²) in [6, 6.07) is 14.6. The van der Waals surface area contributed by atoms with Gasteiger partial charge in [0.2, 0.25) is 11.8 Å². The highest BCUT2D eigenvalue weighted by Gasteiger charge is 2.35. The smallest absolute Gasteiger partial charge is 0.252 e. The summed E-state index contributed by atoms with van der Waals surface area (Å²) in [6.07, 6.45) is 1.95. The largest absolute Gasteiger partial charge is 0.497 e. The highest BCUT2D eigenvalue weighted by Crippen LogP contribution is 2.28. The number of rotatable bonds is 7. The Morgan fingerprint density at radius 1 is 1.13 bits per heavy atom. The number of fused-ring (bicyclic) bond motifs is 1.